The Morgan fingerprint density at radius 1 is 1.80 bits per heavy atom. The first-order chi connectivity index (χ1) is 4.50. The molecule has 0 spiro atoms. The molecule has 0 aromatic rings. The standard InChI is InChI=1S/C7H11NO2/c1-4-5-8-7(2,3)6(9)10/h1,8H,5H2,2-3H3,(H,9,10). The van der Waals surface area contributed by atoms with Crippen LogP contribution in [-0.4, -0.2) is 23.2 Å². The molecule has 0 bridgehead atoms. The van der Waals surface area contributed by atoms with E-state index in [1.807, 2.05) is 0 Å². The van der Waals surface area contributed by atoms with Crippen molar-refractivity contribution in [2.45, 2.75) is 19.4 Å². The third kappa shape index (κ3) is 2.51. The van der Waals surface area contributed by atoms with Crippen LogP contribution in [0.4, 0.5) is 0 Å². The Hall–Kier alpha value is -1.01. The number of aliphatic carboxylic acids is 1. The Kier molecular flexibility index (Phi) is 2.91. The molecule has 3 nitrogen and oxygen atoms in total. The molecular formula is C7H11NO2. The molecule has 0 heterocycles. The number of carboxylic acid groups (broad SMARTS) is 1. The van der Waals surface area contributed by atoms with E-state index < -0.39 is 11.5 Å². The van der Waals surface area contributed by atoms with Crippen molar-refractivity contribution >= 4 is 5.97 Å². The second-order valence-electron chi connectivity index (χ2n) is 2.49. The van der Waals surface area contributed by atoms with Crippen LogP contribution < -0.4 is 5.32 Å². The normalized spacial score (nSPS) is 10.5. The lowest BCUT2D eigenvalue weighted by atomic mass is 10.1. The number of carboxylic acids is 1. The summed E-state index contributed by atoms with van der Waals surface area (Å²) in [5.41, 5.74) is -0.924. The molecule has 10 heavy (non-hydrogen) atoms. The van der Waals surface area contributed by atoms with Gasteiger partial charge in [-0.3, -0.25) is 10.1 Å². The van der Waals surface area contributed by atoms with Gasteiger partial charge in [0.15, 0.2) is 0 Å². The molecule has 0 aliphatic carbocycles. The van der Waals surface area contributed by atoms with Crippen molar-refractivity contribution in [3.63, 3.8) is 0 Å². The summed E-state index contributed by atoms with van der Waals surface area (Å²) in [4.78, 5) is 10.4. The van der Waals surface area contributed by atoms with E-state index in [9.17, 15) is 4.79 Å². The number of terminal acetylenes is 1. The fourth-order valence-electron chi connectivity index (χ4n) is 0.348. The monoisotopic (exact) mass is 141 g/mol. The molecule has 0 radical (unpaired) electrons. The maximum Gasteiger partial charge on any atom is 0.323 e. The third-order valence-electron chi connectivity index (χ3n) is 1.17. The maximum atomic E-state index is 10.4. The van der Waals surface area contributed by atoms with Gasteiger partial charge in [0.1, 0.15) is 5.54 Å². The highest BCUT2D eigenvalue weighted by atomic mass is 16.4. The smallest absolute Gasteiger partial charge is 0.323 e. The topological polar surface area (TPSA) is 49.3 Å². The second-order valence-corrected chi connectivity index (χ2v) is 2.49. The van der Waals surface area contributed by atoms with Crippen molar-refractivity contribution in [2.24, 2.45) is 0 Å². The molecule has 0 aromatic carbocycles. The van der Waals surface area contributed by atoms with Gasteiger partial charge in [0, 0.05) is 0 Å². The quantitative estimate of drug-likeness (QED) is 0.547. The lowest BCUT2D eigenvalue weighted by molar-refractivity contribution is -0.143. The molecule has 0 aromatic heterocycles. The van der Waals surface area contributed by atoms with Gasteiger partial charge in [0.25, 0.3) is 0 Å². The highest BCUT2D eigenvalue weighted by Crippen LogP contribution is 1.99. The van der Waals surface area contributed by atoms with Crippen LogP contribution in [0, 0.1) is 12.3 Å². The van der Waals surface area contributed by atoms with E-state index >= 15 is 0 Å². The van der Waals surface area contributed by atoms with Crippen molar-refractivity contribution in [3.05, 3.63) is 0 Å². The molecule has 0 fully saturated rings. The van der Waals surface area contributed by atoms with Crippen LogP contribution in [0.5, 0.6) is 0 Å². The van der Waals surface area contributed by atoms with Crippen LogP contribution in [0.1, 0.15) is 13.8 Å². The Morgan fingerprint density at radius 2 is 2.30 bits per heavy atom. The maximum absolute atomic E-state index is 10.4. The first-order valence-corrected chi connectivity index (χ1v) is 2.92. The highest BCUT2D eigenvalue weighted by molar-refractivity contribution is 5.77. The first kappa shape index (κ1) is 8.99. The summed E-state index contributed by atoms with van der Waals surface area (Å²) in [5, 5.41) is 11.2. The van der Waals surface area contributed by atoms with Gasteiger partial charge in [-0.15, -0.1) is 6.42 Å². The van der Waals surface area contributed by atoms with Gasteiger partial charge in [-0.05, 0) is 13.8 Å². The summed E-state index contributed by atoms with van der Waals surface area (Å²) in [7, 11) is 0. The summed E-state index contributed by atoms with van der Waals surface area (Å²) in [6, 6.07) is 0. The van der Waals surface area contributed by atoms with E-state index in [1.54, 1.807) is 13.8 Å². The predicted octanol–water partition coefficient (Wildman–Crippen LogP) is 0.0724. The van der Waals surface area contributed by atoms with Crippen molar-refractivity contribution in [1.82, 2.24) is 5.32 Å². The van der Waals surface area contributed by atoms with E-state index in [4.69, 9.17) is 11.5 Å². The minimum absolute atomic E-state index is 0.277. The molecule has 2 N–H and O–H groups in total. The zero-order chi connectivity index (χ0) is 8.20. The Balaban J connectivity index is 3.90. The van der Waals surface area contributed by atoms with Gasteiger partial charge in [0.2, 0.25) is 0 Å². The van der Waals surface area contributed by atoms with Crippen molar-refractivity contribution in [3.8, 4) is 12.3 Å². The number of rotatable bonds is 3. The van der Waals surface area contributed by atoms with Crippen LogP contribution in [0.15, 0.2) is 0 Å². The summed E-state index contributed by atoms with van der Waals surface area (Å²) in [5.74, 6) is 1.40. The van der Waals surface area contributed by atoms with Gasteiger partial charge < -0.3 is 5.11 Å². The van der Waals surface area contributed by atoms with Crippen LogP contribution in [0.2, 0.25) is 0 Å². The largest absolute Gasteiger partial charge is 0.480 e. The number of hydrogen-bond acceptors (Lipinski definition) is 2. The van der Waals surface area contributed by atoms with E-state index in [-0.39, 0.29) is 6.54 Å². The van der Waals surface area contributed by atoms with E-state index in [0.717, 1.165) is 0 Å². The van der Waals surface area contributed by atoms with E-state index in [0.29, 0.717) is 0 Å². The molecule has 0 aliphatic heterocycles. The third-order valence-corrected chi connectivity index (χ3v) is 1.17. The van der Waals surface area contributed by atoms with Gasteiger partial charge in [-0.25, -0.2) is 0 Å². The average Bonchev–Trinajstić information content (AvgIpc) is 1.84. The Bertz CT molecular complexity index is 167. The van der Waals surface area contributed by atoms with Crippen molar-refractivity contribution in [2.75, 3.05) is 6.54 Å². The highest BCUT2D eigenvalue weighted by Gasteiger charge is 2.25. The lowest BCUT2D eigenvalue weighted by Crippen LogP contribution is -2.46. The molecule has 0 unspecified atom stereocenters. The lowest BCUT2D eigenvalue weighted by Gasteiger charge is -2.18. The van der Waals surface area contributed by atoms with E-state index in [2.05, 4.69) is 11.2 Å². The molecular weight excluding hydrogens is 130 g/mol. The van der Waals surface area contributed by atoms with Gasteiger partial charge >= 0.3 is 5.97 Å². The number of carbonyl (C=O) groups is 1. The minimum Gasteiger partial charge on any atom is -0.480 e. The van der Waals surface area contributed by atoms with Crippen molar-refractivity contribution < 1.29 is 9.90 Å². The molecule has 56 valence electrons. The molecule has 0 aliphatic rings. The molecule has 0 rings (SSSR count). The molecule has 0 amide bonds. The summed E-state index contributed by atoms with van der Waals surface area (Å²) in [6.45, 7) is 3.40. The summed E-state index contributed by atoms with van der Waals surface area (Å²) >= 11 is 0. The molecule has 0 atom stereocenters. The Morgan fingerprint density at radius 3 is 2.60 bits per heavy atom. The second kappa shape index (κ2) is 3.23. The van der Waals surface area contributed by atoms with Gasteiger partial charge in [-0.2, -0.15) is 0 Å². The molecule has 0 saturated heterocycles. The van der Waals surface area contributed by atoms with Crippen molar-refractivity contribution in [1.29, 1.82) is 0 Å². The fraction of sp³-hybridized carbons (Fsp3) is 0.571. The van der Waals surface area contributed by atoms with Crippen LogP contribution in [0.25, 0.3) is 0 Å². The van der Waals surface area contributed by atoms with Crippen LogP contribution >= 0.6 is 0 Å². The van der Waals surface area contributed by atoms with Gasteiger partial charge in [0.05, 0.1) is 6.54 Å². The molecule has 0 saturated carbocycles. The summed E-state index contributed by atoms with van der Waals surface area (Å²) < 4.78 is 0. The zero-order valence-corrected chi connectivity index (χ0v) is 6.14. The number of hydrogen-bond donors (Lipinski definition) is 2. The fourth-order valence-corrected chi connectivity index (χ4v) is 0.348. The summed E-state index contributed by atoms with van der Waals surface area (Å²) in [6.07, 6.45) is 4.93. The zero-order valence-electron chi connectivity index (χ0n) is 6.14. The van der Waals surface area contributed by atoms with Crippen LogP contribution in [-0.2, 0) is 4.79 Å². The SMILES string of the molecule is C#CCNC(C)(C)C(=O)O. The van der Waals surface area contributed by atoms with Crippen LogP contribution in [0.3, 0.4) is 0 Å². The predicted molar refractivity (Wildman–Crippen MR) is 38.6 cm³/mol. The first-order valence-electron chi connectivity index (χ1n) is 2.92. The number of nitrogens with one attached hydrogen (secondary N) is 1. The molecule has 3 heteroatoms. The minimum atomic E-state index is -0.924. The Labute approximate surface area is 60.4 Å². The average molecular weight is 141 g/mol. The van der Waals surface area contributed by atoms with E-state index in [1.165, 1.54) is 0 Å². The van der Waals surface area contributed by atoms with Gasteiger partial charge in [-0.1, -0.05) is 5.92 Å².